The third kappa shape index (κ3) is 5.53. The van der Waals surface area contributed by atoms with Crippen LogP contribution in [0.2, 0.25) is 0 Å². The number of amides is 1. The van der Waals surface area contributed by atoms with Gasteiger partial charge in [0.2, 0.25) is 0 Å². The summed E-state index contributed by atoms with van der Waals surface area (Å²) in [5, 5.41) is 6.38. The summed E-state index contributed by atoms with van der Waals surface area (Å²) in [4.78, 5) is 15.9. The summed E-state index contributed by atoms with van der Waals surface area (Å²) < 4.78 is 6.10. The molecular formula is C15H22BrN3O2. The molecule has 0 bridgehead atoms. The zero-order chi connectivity index (χ0) is 15.5. The second kappa shape index (κ2) is 6.64. The van der Waals surface area contributed by atoms with Crippen LogP contribution in [0.15, 0.2) is 22.9 Å². The van der Waals surface area contributed by atoms with E-state index in [0.717, 1.165) is 29.6 Å². The number of carbonyl (C=O) groups excluding carboxylic acids is 1. The molecule has 5 nitrogen and oxygen atoms in total. The van der Waals surface area contributed by atoms with E-state index >= 15 is 0 Å². The van der Waals surface area contributed by atoms with Crippen LogP contribution in [-0.4, -0.2) is 28.8 Å². The first-order chi connectivity index (χ1) is 9.82. The van der Waals surface area contributed by atoms with Crippen molar-refractivity contribution >= 4 is 27.7 Å². The van der Waals surface area contributed by atoms with E-state index in [1.54, 1.807) is 6.20 Å². The monoisotopic (exact) mass is 355 g/mol. The Morgan fingerprint density at radius 2 is 2.05 bits per heavy atom. The molecule has 1 fully saturated rings. The van der Waals surface area contributed by atoms with Gasteiger partial charge in [-0.25, -0.2) is 9.78 Å². The van der Waals surface area contributed by atoms with Gasteiger partial charge in [-0.15, -0.1) is 0 Å². The molecule has 1 amide bonds. The average molecular weight is 356 g/mol. The Hall–Kier alpha value is -1.30. The normalized spacial score (nSPS) is 21.9. The Morgan fingerprint density at radius 1 is 1.33 bits per heavy atom. The van der Waals surface area contributed by atoms with Crippen molar-refractivity contribution in [1.82, 2.24) is 10.3 Å². The predicted octanol–water partition coefficient (Wildman–Crippen LogP) is 3.70. The van der Waals surface area contributed by atoms with Gasteiger partial charge >= 0.3 is 6.09 Å². The van der Waals surface area contributed by atoms with E-state index in [1.165, 1.54) is 0 Å². The maximum Gasteiger partial charge on any atom is 0.407 e. The molecule has 2 rings (SSSR count). The summed E-state index contributed by atoms with van der Waals surface area (Å²) in [5.41, 5.74) is 0.546. The van der Waals surface area contributed by atoms with E-state index in [1.807, 2.05) is 32.9 Å². The third-order valence-electron chi connectivity index (χ3n) is 3.25. The quantitative estimate of drug-likeness (QED) is 0.811. The van der Waals surface area contributed by atoms with Crippen LogP contribution >= 0.6 is 15.9 Å². The highest BCUT2D eigenvalue weighted by Gasteiger charge is 2.27. The van der Waals surface area contributed by atoms with Gasteiger partial charge in [-0.2, -0.15) is 0 Å². The maximum atomic E-state index is 11.7. The van der Waals surface area contributed by atoms with Crippen LogP contribution in [0.5, 0.6) is 0 Å². The molecule has 2 unspecified atom stereocenters. The van der Waals surface area contributed by atoms with Crippen molar-refractivity contribution in [2.24, 2.45) is 0 Å². The maximum absolute atomic E-state index is 11.7. The van der Waals surface area contributed by atoms with Gasteiger partial charge in [0.05, 0.1) is 11.9 Å². The van der Waals surface area contributed by atoms with E-state index in [2.05, 4.69) is 31.5 Å². The van der Waals surface area contributed by atoms with Crippen molar-refractivity contribution in [3.05, 3.63) is 22.9 Å². The van der Waals surface area contributed by atoms with E-state index in [9.17, 15) is 4.79 Å². The van der Waals surface area contributed by atoms with Crippen molar-refractivity contribution in [3.8, 4) is 0 Å². The molecule has 0 aromatic carbocycles. The molecule has 0 radical (unpaired) electrons. The number of alkyl carbamates (subject to hydrolysis) is 1. The highest BCUT2D eigenvalue weighted by atomic mass is 79.9. The average Bonchev–Trinajstić information content (AvgIpc) is 2.77. The molecule has 0 aliphatic heterocycles. The molecule has 2 N–H and O–H groups in total. The van der Waals surface area contributed by atoms with Crippen molar-refractivity contribution in [2.75, 3.05) is 5.32 Å². The van der Waals surface area contributed by atoms with Gasteiger partial charge in [-0.3, -0.25) is 0 Å². The SMILES string of the molecule is CC(C)(C)OC(=O)NC1CCC(Nc2ccc(Br)nc2)C1. The first-order valence-electron chi connectivity index (χ1n) is 7.19. The minimum atomic E-state index is -0.455. The fourth-order valence-electron chi connectivity index (χ4n) is 2.41. The molecule has 6 heteroatoms. The van der Waals surface area contributed by atoms with Crippen LogP contribution in [0, 0.1) is 0 Å². The van der Waals surface area contributed by atoms with Crippen molar-refractivity contribution in [3.63, 3.8) is 0 Å². The lowest BCUT2D eigenvalue weighted by molar-refractivity contribution is 0.0505. The second-order valence-corrected chi connectivity index (χ2v) is 7.18. The van der Waals surface area contributed by atoms with Gasteiger partial charge in [-0.05, 0) is 68.1 Å². The molecule has 116 valence electrons. The molecule has 1 aliphatic carbocycles. The number of anilines is 1. The van der Waals surface area contributed by atoms with Gasteiger partial charge in [-0.1, -0.05) is 0 Å². The number of ether oxygens (including phenoxy) is 1. The first-order valence-corrected chi connectivity index (χ1v) is 7.99. The zero-order valence-corrected chi connectivity index (χ0v) is 14.2. The number of nitrogens with one attached hydrogen (secondary N) is 2. The fraction of sp³-hybridized carbons (Fsp3) is 0.600. The second-order valence-electron chi connectivity index (χ2n) is 6.37. The zero-order valence-electron chi connectivity index (χ0n) is 12.6. The van der Waals surface area contributed by atoms with Crippen LogP contribution in [0.25, 0.3) is 0 Å². The lowest BCUT2D eigenvalue weighted by Gasteiger charge is -2.22. The van der Waals surface area contributed by atoms with Crippen molar-refractivity contribution in [1.29, 1.82) is 0 Å². The Bertz CT molecular complexity index is 485. The molecule has 21 heavy (non-hydrogen) atoms. The van der Waals surface area contributed by atoms with E-state index in [0.29, 0.717) is 6.04 Å². The summed E-state index contributed by atoms with van der Waals surface area (Å²) in [7, 11) is 0. The van der Waals surface area contributed by atoms with Crippen LogP contribution in [0.4, 0.5) is 10.5 Å². The number of aromatic nitrogens is 1. The van der Waals surface area contributed by atoms with Crippen molar-refractivity contribution in [2.45, 2.75) is 57.7 Å². The van der Waals surface area contributed by atoms with E-state index < -0.39 is 5.60 Å². The molecule has 1 aliphatic rings. The van der Waals surface area contributed by atoms with Crippen LogP contribution in [0.1, 0.15) is 40.0 Å². The van der Waals surface area contributed by atoms with Gasteiger partial charge in [0, 0.05) is 12.1 Å². The lowest BCUT2D eigenvalue weighted by Crippen LogP contribution is -2.38. The van der Waals surface area contributed by atoms with Crippen molar-refractivity contribution < 1.29 is 9.53 Å². The summed E-state index contributed by atoms with van der Waals surface area (Å²) in [6, 6.07) is 4.42. The van der Waals surface area contributed by atoms with Gasteiger partial charge in [0.25, 0.3) is 0 Å². The molecule has 1 aromatic heterocycles. The highest BCUT2D eigenvalue weighted by Crippen LogP contribution is 2.23. The standard InChI is InChI=1S/C15H22BrN3O2/c1-15(2,3)21-14(20)19-11-5-4-10(8-11)18-12-6-7-13(16)17-9-12/h6-7,9-11,18H,4-5,8H2,1-3H3,(H,19,20). The molecule has 1 saturated carbocycles. The smallest absolute Gasteiger partial charge is 0.407 e. The number of pyridine rings is 1. The fourth-order valence-corrected chi connectivity index (χ4v) is 2.65. The number of hydrogen-bond donors (Lipinski definition) is 2. The molecule has 0 spiro atoms. The lowest BCUT2D eigenvalue weighted by atomic mass is 10.2. The Balaban J connectivity index is 1.78. The number of nitrogens with zero attached hydrogens (tertiary/aromatic N) is 1. The van der Waals surface area contributed by atoms with Gasteiger partial charge in [0.1, 0.15) is 10.2 Å². The van der Waals surface area contributed by atoms with E-state index in [4.69, 9.17) is 4.74 Å². The summed E-state index contributed by atoms with van der Waals surface area (Å²) in [5.74, 6) is 0. The molecule has 1 aromatic rings. The third-order valence-corrected chi connectivity index (χ3v) is 3.72. The molecule has 0 saturated heterocycles. The minimum absolute atomic E-state index is 0.167. The molecule has 1 heterocycles. The number of rotatable bonds is 3. The van der Waals surface area contributed by atoms with Crippen LogP contribution in [0.3, 0.4) is 0 Å². The molecule has 2 atom stereocenters. The minimum Gasteiger partial charge on any atom is -0.444 e. The Morgan fingerprint density at radius 3 is 2.67 bits per heavy atom. The topological polar surface area (TPSA) is 63.2 Å². The highest BCUT2D eigenvalue weighted by molar-refractivity contribution is 9.10. The largest absolute Gasteiger partial charge is 0.444 e. The van der Waals surface area contributed by atoms with Gasteiger partial charge in [0.15, 0.2) is 0 Å². The number of hydrogen-bond acceptors (Lipinski definition) is 4. The predicted molar refractivity (Wildman–Crippen MR) is 86.4 cm³/mol. The number of halogens is 1. The Labute approximate surface area is 134 Å². The molecular weight excluding hydrogens is 334 g/mol. The summed E-state index contributed by atoms with van der Waals surface area (Å²) in [6.07, 6.45) is 4.35. The summed E-state index contributed by atoms with van der Waals surface area (Å²) in [6.45, 7) is 5.60. The van der Waals surface area contributed by atoms with Crippen LogP contribution < -0.4 is 10.6 Å². The Kier molecular flexibility index (Phi) is 5.08. The number of carbonyl (C=O) groups is 1. The van der Waals surface area contributed by atoms with E-state index in [-0.39, 0.29) is 12.1 Å². The van der Waals surface area contributed by atoms with Gasteiger partial charge < -0.3 is 15.4 Å². The van der Waals surface area contributed by atoms with Crippen LogP contribution in [-0.2, 0) is 4.74 Å². The first kappa shape index (κ1) is 16.1. The summed E-state index contributed by atoms with van der Waals surface area (Å²) >= 11 is 3.32.